The van der Waals surface area contributed by atoms with Crippen LogP contribution in [0.2, 0.25) is 5.02 Å². The third-order valence-corrected chi connectivity index (χ3v) is 3.51. The number of ether oxygens (including phenoxy) is 1. The van der Waals surface area contributed by atoms with E-state index in [-0.39, 0.29) is 5.82 Å². The summed E-state index contributed by atoms with van der Waals surface area (Å²) in [7, 11) is 0. The number of aryl methyl sites for hydroxylation is 2. The Morgan fingerprint density at radius 3 is 2.29 bits per heavy atom. The van der Waals surface area contributed by atoms with Gasteiger partial charge in [-0.05, 0) is 60.9 Å². The molecule has 0 aliphatic carbocycles. The van der Waals surface area contributed by atoms with Gasteiger partial charge in [0, 0.05) is 11.1 Å². The number of carbonyl (C=O) groups is 1. The van der Waals surface area contributed by atoms with Crippen molar-refractivity contribution in [1.82, 2.24) is 0 Å². The number of benzene rings is 2. The molecule has 0 heterocycles. The summed E-state index contributed by atoms with van der Waals surface area (Å²) in [6, 6.07) is 9.23. The summed E-state index contributed by atoms with van der Waals surface area (Å²) in [5, 5.41) is 0.664. The van der Waals surface area contributed by atoms with Crippen LogP contribution in [0.4, 0.5) is 4.39 Å². The number of esters is 1. The quantitative estimate of drug-likeness (QED) is 0.466. The van der Waals surface area contributed by atoms with Crippen molar-refractivity contribution in [2.45, 2.75) is 13.8 Å². The van der Waals surface area contributed by atoms with Crippen molar-refractivity contribution >= 4 is 23.6 Å². The Bertz CT molecular complexity index is 667. The summed E-state index contributed by atoms with van der Waals surface area (Å²) in [5.41, 5.74) is 2.42. The Labute approximate surface area is 127 Å². The summed E-state index contributed by atoms with van der Waals surface area (Å²) in [6.07, 6.45) is 2.86. The number of carbonyl (C=O) groups excluding carboxylic acids is 1. The van der Waals surface area contributed by atoms with Crippen molar-refractivity contribution in [3.05, 3.63) is 70.0 Å². The molecule has 108 valence electrons. The minimum atomic E-state index is -0.500. The van der Waals surface area contributed by atoms with Crippen molar-refractivity contribution in [3.8, 4) is 5.75 Å². The SMILES string of the molecule is Cc1cc(OC(=O)/C=C/c2ccc(F)cc2)cc(C)c1Cl. The molecule has 0 aliphatic heterocycles. The van der Waals surface area contributed by atoms with E-state index >= 15 is 0 Å². The van der Waals surface area contributed by atoms with Gasteiger partial charge in [0.05, 0.1) is 0 Å². The van der Waals surface area contributed by atoms with Crippen molar-refractivity contribution in [2.75, 3.05) is 0 Å². The highest BCUT2D eigenvalue weighted by Gasteiger charge is 2.06. The zero-order valence-electron chi connectivity index (χ0n) is 11.7. The molecule has 2 rings (SSSR count). The Balaban J connectivity index is 2.06. The summed E-state index contributed by atoms with van der Waals surface area (Å²) >= 11 is 6.06. The molecule has 2 aromatic rings. The van der Waals surface area contributed by atoms with Crippen LogP contribution in [0.15, 0.2) is 42.5 Å². The van der Waals surface area contributed by atoms with Gasteiger partial charge in [-0.25, -0.2) is 9.18 Å². The molecule has 0 saturated heterocycles. The normalized spacial score (nSPS) is 10.9. The van der Waals surface area contributed by atoms with Gasteiger partial charge < -0.3 is 4.74 Å². The molecular weight excluding hydrogens is 291 g/mol. The van der Waals surface area contributed by atoms with Gasteiger partial charge in [-0.1, -0.05) is 23.7 Å². The maximum atomic E-state index is 12.8. The predicted octanol–water partition coefficient (Wildman–Crippen LogP) is 4.71. The van der Waals surface area contributed by atoms with Crippen LogP contribution < -0.4 is 4.74 Å². The van der Waals surface area contributed by atoms with Crippen LogP contribution in [0.1, 0.15) is 16.7 Å². The summed E-state index contributed by atoms with van der Waals surface area (Å²) in [5.74, 6) is -0.370. The molecule has 0 amide bonds. The van der Waals surface area contributed by atoms with E-state index < -0.39 is 5.97 Å². The minimum Gasteiger partial charge on any atom is -0.423 e. The maximum Gasteiger partial charge on any atom is 0.336 e. The Hall–Kier alpha value is -2.13. The lowest BCUT2D eigenvalue weighted by molar-refractivity contribution is -0.128. The lowest BCUT2D eigenvalue weighted by Gasteiger charge is -2.07. The van der Waals surface area contributed by atoms with Crippen LogP contribution in [0.3, 0.4) is 0 Å². The number of halogens is 2. The molecule has 0 atom stereocenters. The number of rotatable bonds is 3. The second-order valence-electron chi connectivity index (χ2n) is 4.68. The molecule has 0 aromatic heterocycles. The van der Waals surface area contributed by atoms with E-state index in [1.165, 1.54) is 18.2 Å². The fourth-order valence-corrected chi connectivity index (χ4v) is 1.96. The van der Waals surface area contributed by atoms with Crippen LogP contribution in [0.25, 0.3) is 6.08 Å². The second kappa shape index (κ2) is 6.55. The third-order valence-electron chi connectivity index (χ3n) is 2.91. The first-order valence-corrected chi connectivity index (χ1v) is 6.76. The first-order chi connectivity index (χ1) is 9.95. The van der Waals surface area contributed by atoms with E-state index in [0.717, 1.165) is 16.7 Å². The summed E-state index contributed by atoms with van der Waals surface area (Å²) in [6.45, 7) is 3.70. The standard InChI is InChI=1S/C17H14ClFO2/c1-11-9-15(10-12(2)17(11)18)21-16(20)8-5-13-3-6-14(19)7-4-13/h3-10H,1-2H3/b8-5+. The largest absolute Gasteiger partial charge is 0.423 e. The van der Waals surface area contributed by atoms with Crippen LogP contribution in [0, 0.1) is 19.7 Å². The van der Waals surface area contributed by atoms with Crippen molar-refractivity contribution in [3.63, 3.8) is 0 Å². The summed E-state index contributed by atoms with van der Waals surface area (Å²) < 4.78 is 18.0. The summed E-state index contributed by atoms with van der Waals surface area (Å²) in [4.78, 5) is 11.7. The molecule has 0 bridgehead atoms. The topological polar surface area (TPSA) is 26.3 Å². The van der Waals surface area contributed by atoms with Crippen LogP contribution in [0.5, 0.6) is 5.75 Å². The van der Waals surface area contributed by atoms with E-state index in [9.17, 15) is 9.18 Å². The Morgan fingerprint density at radius 2 is 1.71 bits per heavy atom. The zero-order valence-corrected chi connectivity index (χ0v) is 12.4. The molecule has 2 aromatic carbocycles. The first kappa shape index (κ1) is 15.3. The molecule has 0 N–H and O–H groups in total. The van der Waals surface area contributed by atoms with E-state index in [4.69, 9.17) is 16.3 Å². The lowest BCUT2D eigenvalue weighted by Crippen LogP contribution is -2.04. The van der Waals surface area contributed by atoms with Crippen LogP contribution in [-0.2, 0) is 4.79 Å². The first-order valence-electron chi connectivity index (χ1n) is 6.38. The van der Waals surface area contributed by atoms with Gasteiger partial charge in [0.25, 0.3) is 0 Å². The maximum absolute atomic E-state index is 12.8. The molecule has 0 radical (unpaired) electrons. The van der Waals surface area contributed by atoms with Gasteiger partial charge in [-0.3, -0.25) is 0 Å². The zero-order chi connectivity index (χ0) is 15.4. The average Bonchev–Trinajstić information content (AvgIpc) is 2.44. The smallest absolute Gasteiger partial charge is 0.336 e. The second-order valence-corrected chi connectivity index (χ2v) is 5.05. The van der Waals surface area contributed by atoms with Crippen LogP contribution in [-0.4, -0.2) is 5.97 Å². The van der Waals surface area contributed by atoms with E-state index in [0.29, 0.717) is 10.8 Å². The van der Waals surface area contributed by atoms with Gasteiger partial charge >= 0.3 is 5.97 Å². The highest BCUT2D eigenvalue weighted by Crippen LogP contribution is 2.26. The monoisotopic (exact) mass is 304 g/mol. The molecule has 0 spiro atoms. The third kappa shape index (κ3) is 4.17. The molecule has 4 heteroatoms. The van der Waals surface area contributed by atoms with Gasteiger partial charge in [-0.2, -0.15) is 0 Å². The van der Waals surface area contributed by atoms with Gasteiger partial charge in [0.15, 0.2) is 0 Å². The fraction of sp³-hybridized carbons (Fsp3) is 0.118. The van der Waals surface area contributed by atoms with Gasteiger partial charge in [-0.15, -0.1) is 0 Å². The van der Waals surface area contributed by atoms with Gasteiger partial charge in [0.1, 0.15) is 11.6 Å². The minimum absolute atomic E-state index is 0.318. The van der Waals surface area contributed by atoms with Crippen molar-refractivity contribution < 1.29 is 13.9 Å². The number of hydrogen-bond acceptors (Lipinski definition) is 2. The lowest BCUT2D eigenvalue weighted by atomic mass is 10.1. The van der Waals surface area contributed by atoms with Crippen LogP contribution >= 0.6 is 11.6 Å². The molecular formula is C17H14ClFO2. The van der Waals surface area contributed by atoms with Crippen molar-refractivity contribution in [2.24, 2.45) is 0 Å². The predicted molar refractivity (Wildman–Crippen MR) is 82.0 cm³/mol. The number of hydrogen-bond donors (Lipinski definition) is 0. The van der Waals surface area contributed by atoms with E-state index in [1.807, 2.05) is 13.8 Å². The fourth-order valence-electron chi connectivity index (χ4n) is 1.85. The highest BCUT2D eigenvalue weighted by atomic mass is 35.5. The Kier molecular flexibility index (Phi) is 4.76. The molecule has 21 heavy (non-hydrogen) atoms. The molecule has 0 unspecified atom stereocenters. The average molecular weight is 305 g/mol. The van der Waals surface area contributed by atoms with E-state index in [2.05, 4.69) is 0 Å². The van der Waals surface area contributed by atoms with E-state index in [1.54, 1.807) is 30.3 Å². The molecule has 0 fully saturated rings. The Morgan fingerprint density at radius 1 is 1.14 bits per heavy atom. The van der Waals surface area contributed by atoms with Gasteiger partial charge in [0.2, 0.25) is 0 Å². The van der Waals surface area contributed by atoms with Crippen molar-refractivity contribution in [1.29, 1.82) is 0 Å². The molecule has 0 aliphatic rings. The molecule has 0 saturated carbocycles. The highest BCUT2D eigenvalue weighted by molar-refractivity contribution is 6.32. The molecule has 2 nitrogen and oxygen atoms in total.